The lowest BCUT2D eigenvalue weighted by atomic mass is 10.2. The molecule has 1 unspecified atom stereocenters. The molecule has 22 heavy (non-hydrogen) atoms. The number of hydrogen-bond donors (Lipinski definition) is 2. The third kappa shape index (κ3) is 3.75. The summed E-state index contributed by atoms with van der Waals surface area (Å²) in [5, 5.41) is 11.1. The van der Waals surface area contributed by atoms with Gasteiger partial charge in [-0.25, -0.2) is 4.79 Å². The molecular formula is C12H11F3N2O4S. The van der Waals surface area contributed by atoms with Crippen LogP contribution < -0.4 is 5.32 Å². The zero-order valence-electron chi connectivity index (χ0n) is 11.0. The number of carboxylic acid groups (broad SMARTS) is 1. The number of thiophene rings is 1. The first-order chi connectivity index (χ1) is 10.2. The molecule has 1 aliphatic rings. The molecule has 1 aromatic rings. The SMILES string of the molecule is O=C(O)c1ccc(C(=O)NC2CCN(CC(F)(F)F)C2=O)s1. The van der Waals surface area contributed by atoms with Crippen molar-refractivity contribution in [3.63, 3.8) is 0 Å². The van der Waals surface area contributed by atoms with E-state index in [4.69, 9.17) is 5.11 Å². The number of nitrogens with one attached hydrogen (secondary N) is 1. The first kappa shape index (κ1) is 16.3. The molecule has 2 amide bonds. The van der Waals surface area contributed by atoms with Gasteiger partial charge in [0.05, 0.1) is 4.88 Å². The maximum Gasteiger partial charge on any atom is 0.406 e. The van der Waals surface area contributed by atoms with Crippen LogP contribution in [0.3, 0.4) is 0 Å². The maximum absolute atomic E-state index is 12.3. The maximum atomic E-state index is 12.3. The van der Waals surface area contributed by atoms with Gasteiger partial charge in [-0.3, -0.25) is 9.59 Å². The first-order valence-corrected chi connectivity index (χ1v) is 6.98. The second kappa shape index (κ2) is 5.95. The van der Waals surface area contributed by atoms with Crippen LogP contribution in [0, 0.1) is 0 Å². The summed E-state index contributed by atoms with van der Waals surface area (Å²) in [6.07, 6.45) is -4.41. The van der Waals surface area contributed by atoms with Crippen molar-refractivity contribution in [2.75, 3.05) is 13.1 Å². The van der Waals surface area contributed by atoms with E-state index < -0.39 is 36.5 Å². The van der Waals surface area contributed by atoms with Crippen LogP contribution in [0.2, 0.25) is 0 Å². The third-order valence-corrected chi connectivity index (χ3v) is 4.09. The Balaban J connectivity index is 1.97. The number of likely N-dealkylation sites (tertiary alicyclic amines) is 1. The monoisotopic (exact) mass is 336 g/mol. The fourth-order valence-corrected chi connectivity index (χ4v) is 2.80. The highest BCUT2D eigenvalue weighted by Gasteiger charge is 2.39. The topological polar surface area (TPSA) is 86.7 Å². The molecule has 6 nitrogen and oxygen atoms in total. The molecule has 0 aliphatic carbocycles. The molecule has 10 heteroatoms. The Labute approximate surface area is 126 Å². The van der Waals surface area contributed by atoms with Crippen molar-refractivity contribution < 1.29 is 32.7 Å². The number of carbonyl (C=O) groups excluding carboxylic acids is 2. The van der Waals surface area contributed by atoms with Gasteiger partial charge in [0, 0.05) is 6.54 Å². The lowest BCUT2D eigenvalue weighted by Crippen LogP contribution is -2.43. The quantitative estimate of drug-likeness (QED) is 0.869. The van der Waals surface area contributed by atoms with Crippen molar-refractivity contribution >= 4 is 29.1 Å². The first-order valence-electron chi connectivity index (χ1n) is 6.17. The molecule has 0 radical (unpaired) electrons. The van der Waals surface area contributed by atoms with E-state index in [-0.39, 0.29) is 22.7 Å². The molecule has 0 bridgehead atoms. The van der Waals surface area contributed by atoms with E-state index in [1.165, 1.54) is 12.1 Å². The van der Waals surface area contributed by atoms with Gasteiger partial charge in [-0.1, -0.05) is 0 Å². The largest absolute Gasteiger partial charge is 0.477 e. The Morgan fingerprint density at radius 3 is 2.55 bits per heavy atom. The lowest BCUT2D eigenvalue weighted by molar-refractivity contribution is -0.157. The molecule has 120 valence electrons. The van der Waals surface area contributed by atoms with E-state index in [0.717, 1.165) is 11.3 Å². The summed E-state index contributed by atoms with van der Waals surface area (Å²) in [4.78, 5) is 35.1. The van der Waals surface area contributed by atoms with Crippen molar-refractivity contribution in [3.8, 4) is 0 Å². The molecular weight excluding hydrogens is 325 g/mol. The number of nitrogens with zero attached hydrogens (tertiary/aromatic N) is 1. The normalized spacial score (nSPS) is 18.6. The van der Waals surface area contributed by atoms with Gasteiger partial charge in [-0.05, 0) is 18.6 Å². The molecule has 1 fully saturated rings. The molecule has 1 atom stereocenters. The van der Waals surface area contributed by atoms with Crippen molar-refractivity contribution in [2.24, 2.45) is 0 Å². The van der Waals surface area contributed by atoms with Gasteiger partial charge in [-0.2, -0.15) is 13.2 Å². The minimum absolute atomic E-state index is 0.0402. The van der Waals surface area contributed by atoms with Crippen LogP contribution in [0.1, 0.15) is 25.8 Å². The summed E-state index contributed by atoms with van der Waals surface area (Å²) < 4.78 is 36.8. The van der Waals surface area contributed by atoms with E-state index in [1.54, 1.807) is 0 Å². The smallest absolute Gasteiger partial charge is 0.406 e. The van der Waals surface area contributed by atoms with Gasteiger partial charge in [0.15, 0.2) is 0 Å². The van der Waals surface area contributed by atoms with Crippen LogP contribution >= 0.6 is 11.3 Å². The molecule has 0 aromatic carbocycles. The van der Waals surface area contributed by atoms with Crippen LogP contribution in [-0.4, -0.2) is 53.1 Å². The fourth-order valence-electron chi connectivity index (χ4n) is 2.05. The van der Waals surface area contributed by atoms with Crippen LogP contribution in [0.4, 0.5) is 13.2 Å². The van der Waals surface area contributed by atoms with Crippen molar-refractivity contribution in [1.82, 2.24) is 10.2 Å². The van der Waals surface area contributed by atoms with Crippen LogP contribution in [0.15, 0.2) is 12.1 Å². The van der Waals surface area contributed by atoms with Gasteiger partial charge in [0.1, 0.15) is 17.5 Å². The van der Waals surface area contributed by atoms with E-state index in [9.17, 15) is 27.6 Å². The number of rotatable bonds is 4. The van der Waals surface area contributed by atoms with Gasteiger partial charge >= 0.3 is 12.1 Å². The average molecular weight is 336 g/mol. The van der Waals surface area contributed by atoms with Crippen molar-refractivity contribution in [3.05, 3.63) is 21.9 Å². The summed E-state index contributed by atoms with van der Waals surface area (Å²) >= 11 is 0.728. The van der Waals surface area contributed by atoms with Crippen molar-refractivity contribution in [2.45, 2.75) is 18.6 Å². The summed E-state index contributed by atoms with van der Waals surface area (Å²) in [7, 11) is 0. The van der Waals surface area contributed by atoms with E-state index in [1.807, 2.05) is 0 Å². The Kier molecular flexibility index (Phi) is 4.40. The average Bonchev–Trinajstić information content (AvgIpc) is 2.99. The number of aromatic carboxylic acids is 1. The fraction of sp³-hybridized carbons (Fsp3) is 0.417. The van der Waals surface area contributed by atoms with Crippen LogP contribution in [-0.2, 0) is 4.79 Å². The molecule has 0 spiro atoms. The molecule has 2 heterocycles. The van der Waals surface area contributed by atoms with Gasteiger partial charge < -0.3 is 15.3 Å². The van der Waals surface area contributed by atoms with E-state index in [0.29, 0.717) is 4.90 Å². The van der Waals surface area contributed by atoms with Crippen LogP contribution in [0.5, 0.6) is 0 Å². The standard InChI is InChI=1S/C12H11F3N2O4S/c13-12(14,15)5-17-4-3-6(10(17)19)16-9(18)7-1-2-8(22-7)11(20)21/h1-2,6H,3-5H2,(H,16,18)(H,20,21). The van der Waals surface area contributed by atoms with Crippen molar-refractivity contribution in [1.29, 1.82) is 0 Å². The number of carboxylic acids is 1. The van der Waals surface area contributed by atoms with Crippen LogP contribution in [0.25, 0.3) is 0 Å². The predicted molar refractivity (Wildman–Crippen MR) is 69.8 cm³/mol. The Morgan fingerprint density at radius 2 is 2.00 bits per heavy atom. The summed E-state index contributed by atoms with van der Waals surface area (Å²) in [6, 6.07) is 1.51. The highest BCUT2D eigenvalue weighted by atomic mass is 32.1. The van der Waals surface area contributed by atoms with E-state index in [2.05, 4.69) is 5.32 Å². The van der Waals surface area contributed by atoms with E-state index >= 15 is 0 Å². The Bertz CT molecular complexity index is 614. The Hall–Kier alpha value is -2.10. The number of alkyl halides is 3. The van der Waals surface area contributed by atoms with Gasteiger partial charge in [-0.15, -0.1) is 11.3 Å². The molecule has 1 aliphatic heterocycles. The second-order valence-corrected chi connectivity index (χ2v) is 5.74. The minimum Gasteiger partial charge on any atom is -0.477 e. The minimum atomic E-state index is -4.49. The molecule has 0 saturated carbocycles. The Morgan fingerprint density at radius 1 is 1.36 bits per heavy atom. The summed E-state index contributed by atoms with van der Waals surface area (Å²) in [5.41, 5.74) is 0. The number of halogens is 3. The highest BCUT2D eigenvalue weighted by Crippen LogP contribution is 2.22. The highest BCUT2D eigenvalue weighted by molar-refractivity contribution is 7.15. The number of hydrogen-bond acceptors (Lipinski definition) is 4. The predicted octanol–water partition coefficient (Wildman–Crippen LogP) is 1.34. The summed E-state index contributed by atoms with van der Waals surface area (Å²) in [6.45, 7) is -1.44. The zero-order valence-corrected chi connectivity index (χ0v) is 11.8. The molecule has 1 aromatic heterocycles. The van der Waals surface area contributed by atoms with Gasteiger partial charge in [0.25, 0.3) is 5.91 Å². The number of carbonyl (C=O) groups is 3. The molecule has 2 N–H and O–H groups in total. The summed E-state index contributed by atoms with van der Waals surface area (Å²) in [5.74, 6) is -2.65. The lowest BCUT2D eigenvalue weighted by Gasteiger charge is -2.18. The number of amides is 2. The second-order valence-electron chi connectivity index (χ2n) is 4.66. The van der Waals surface area contributed by atoms with Gasteiger partial charge in [0.2, 0.25) is 5.91 Å². The third-order valence-electron chi connectivity index (χ3n) is 3.01. The zero-order chi connectivity index (χ0) is 16.5. The molecule has 1 saturated heterocycles. The molecule has 2 rings (SSSR count).